The van der Waals surface area contributed by atoms with Gasteiger partial charge in [-0.25, -0.2) is 22.3 Å². The predicted octanol–water partition coefficient (Wildman–Crippen LogP) is 0.927. The monoisotopic (exact) mass is 305 g/mol. The van der Waals surface area contributed by atoms with Crippen molar-refractivity contribution in [2.24, 2.45) is 0 Å². The lowest BCUT2D eigenvalue weighted by Crippen LogP contribution is -2.27. The zero-order valence-corrected chi connectivity index (χ0v) is 12.0. The van der Waals surface area contributed by atoms with Gasteiger partial charge >= 0.3 is 5.97 Å². The highest BCUT2D eigenvalue weighted by molar-refractivity contribution is 7.89. The van der Waals surface area contributed by atoms with Crippen LogP contribution in [-0.2, 0) is 19.5 Å². The number of sulfonamides is 1. The van der Waals surface area contributed by atoms with E-state index >= 15 is 0 Å². The Labute approximate surface area is 116 Å². The number of ether oxygens (including phenoxy) is 2. The van der Waals surface area contributed by atoms with Gasteiger partial charge in [-0.15, -0.1) is 0 Å². The summed E-state index contributed by atoms with van der Waals surface area (Å²) in [5, 5.41) is 0. The molecule has 8 heteroatoms. The van der Waals surface area contributed by atoms with Crippen LogP contribution < -0.4 is 4.72 Å². The summed E-state index contributed by atoms with van der Waals surface area (Å²) in [5.41, 5.74) is -0.215. The maximum atomic E-state index is 13.2. The molecule has 0 saturated carbocycles. The minimum atomic E-state index is -4.00. The number of esters is 1. The molecule has 1 aromatic rings. The van der Waals surface area contributed by atoms with Crippen LogP contribution in [0.25, 0.3) is 0 Å². The zero-order chi connectivity index (χ0) is 15.2. The molecule has 0 unspecified atom stereocenters. The molecule has 0 aliphatic rings. The molecule has 0 saturated heterocycles. The van der Waals surface area contributed by atoms with Gasteiger partial charge < -0.3 is 9.47 Å². The van der Waals surface area contributed by atoms with Gasteiger partial charge in [0.1, 0.15) is 5.82 Å². The minimum Gasteiger partial charge on any atom is -0.465 e. The molecule has 112 valence electrons. The van der Waals surface area contributed by atoms with E-state index in [0.717, 1.165) is 25.3 Å². The highest BCUT2D eigenvalue weighted by atomic mass is 32.2. The summed E-state index contributed by atoms with van der Waals surface area (Å²) in [5.74, 6) is -1.60. The first-order valence-corrected chi connectivity index (χ1v) is 7.27. The number of carbonyl (C=O) groups excluding carboxylic acids is 1. The van der Waals surface area contributed by atoms with E-state index in [0.29, 0.717) is 13.0 Å². The molecular formula is C12H16FNO5S. The van der Waals surface area contributed by atoms with Crippen LogP contribution in [0.15, 0.2) is 23.1 Å². The van der Waals surface area contributed by atoms with Crippen molar-refractivity contribution in [3.05, 3.63) is 29.6 Å². The van der Waals surface area contributed by atoms with E-state index in [1.807, 2.05) is 0 Å². The first-order chi connectivity index (χ1) is 9.42. The highest BCUT2D eigenvalue weighted by Gasteiger charge is 2.23. The third-order valence-corrected chi connectivity index (χ3v) is 3.96. The molecular weight excluding hydrogens is 289 g/mol. The van der Waals surface area contributed by atoms with Gasteiger partial charge in [-0.2, -0.15) is 0 Å². The number of hydrogen-bond donors (Lipinski definition) is 1. The molecule has 0 aromatic heterocycles. The Balaban J connectivity index is 3.03. The van der Waals surface area contributed by atoms with Crippen molar-refractivity contribution in [3.8, 4) is 0 Å². The van der Waals surface area contributed by atoms with Crippen molar-refractivity contribution in [1.29, 1.82) is 0 Å². The van der Waals surface area contributed by atoms with Gasteiger partial charge in [-0.3, -0.25) is 0 Å². The maximum Gasteiger partial charge on any atom is 0.339 e. The van der Waals surface area contributed by atoms with Crippen LogP contribution in [0, 0.1) is 5.82 Å². The summed E-state index contributed by atoms with van der Waals surface area (Å²) in [6, 6.07) is 2.85. The Morgan fingerprint density at radius 1 is 1.35 bits per heavy atom. The SMILES string of the molecule is COCCCNS(=O)(=O)c1cc(F)ccc1C(=O)OC. The molecule has 0 spiro atoms. The molecule has 6 nitrogen and oxygen atoms in total. The smallest absolute Gasteiger partial charge is 0.339 e. The van der Waals surface area contributed by atoms with Gasteiger partial charge in [0.2, 0.25) is 10.0 Å². The van der Waals surface area contributed by atoms with Crippen molar-refractivity contribution in [1.82, 2.24) is 4.72 Å². The number of carbonyl (C=O) groups is 1. The molecule has 0 atom stereocenters. The van der Waals surface area contributed by atoms with E-state index < -0.39 is 26.7 Å². The van der Waals surface area contributed by atoms with E-state index in [9.17, 15) is 17.6 Å². The Bertz CT molecular complexity index is 573. The van der Waals surface area contributed by atoms with Crippen LogP contribution in [0.4, 0.5) is 4.39 Å². The normalized spacial score (nSPS) is 11.3. The van der Waals surface area contributed by atoms with Gasteiger partial charge in [0.25, 0.3) is 0 Å². The summed E-state index contributed by atoms with van der Waals surface area (Å²) >= 11 is 0. The summed E-state index contributed by atoms with van der Waals surface area (Å²) in [6.45, 7) is 0.503. The maximum absolute atomic E-state index is 13.2. The quantitative estimate of drug-likeness (QED) is 0.598. The average molecular weight is 305 g/mol. The number of hydrogen-bond acceptors (Lipinski definition) is 5. The Kier molecular flexibility index (Phi) is 6.05. The van der Waals surface area contributed by atoms with Gasteiger partial charge in [0.15, 0.2) is 0 Å². The number of benzene rings is 1. The molecule has 0 aliphatic heterocycles. The largest absolute Gasteiger partial charge is 0.465 e. The molecule has 0 heterocycles. The van der Waals surface area contributed by atoms with Gasteiger partial charge in [0.05, 0.1) is 17.6 Å². The lowest BCUT2D eigenvalue weighted by Gasteiger charge is -2.10. The van der Waals surface area contributed by atoms with Crippen molar-refractivity contribution < 1.29 is 27.1 Å². The fourth-order valence-corrected chi connectivity index (χ4v) is 2.78. The van der Waals surface area contributed by atoms with E-state index in [2.05, 4.69) is 9.46 Å². The molecule has 1 aromatic carbocycles. The first kappa shape index (κ1) is 16.5. The fraction of sp³-hybridized carbons (Fsp3) is 0.417. The second-order valence-electron chi connectivity index (χ2n) is 3.88. The molecule has 1 rings (SSSR count). The topological polar surface area (TPSA) is 81.7 Å². The Hall–Kier alpha value is -1.51. The minimum absolute atomic E-state index is 0.118. The second kappa shape index (κ2) is 7.32. The lowest BCUT2D eigenvalue weighted by atomic mass is 10.2. The van der Waals surface area contributed by atoms with Crippen molar-refractivity contribution in [2.45, 2.75) is 11.3 Å². The van der Waals surface area contributed by atoms with E-state index in [4.69, 9.17) is 4.74 Å². The molecule has 0 radical (unpaired) electrons. The summed E-state index contributed by atoms with van der Waals surface area (Å²) in [7, 11) is -1.38. The van der Waals surface area contributed by atoms with Gasteiger partial charge in [-0.05, 0) is 24.6 Å². The molecule has 0 amide bonds. The van der Waals surface area contributed by atoms with Crippen LogP contribution in [0.1, 0.15) is 16.8 Å². The average Bonchev–Trinajstić information content (AvgIpc) is 2.42. The molecule has 1 N–H and O–H groups in total. The Morgan fingerprint density at radius 3 is 2.65 bits per heavy atom. The van der Waals surface area contributed by atoms with Crippen LogP contribution in [0.5, 0.6) is 0 Å². The zero-order valence-electron chi connectivity index (χ0n) is 11.2. The van der Waals surface area contributed by atoms with Crippen molar-refractivity contribution >= 4 is 16.0 Å². The van der Waals surface area contributed by atoms with Crippen LogP contribution in [0.2, 0.25) is 0 Å². The van der Waals surface area contributed by atoms with Crippen LogP contribution in [0.3, 0.4) is 0 Å². The summed E-state index contributed by atoms with van der Waals surface area (Å²) < 4.78 is 48.9. The first-order valence-electron chi connectivity index (χ1n) is 5.79. The van der Waals surface area contributed by atoms with E-state index in [-0.39, 0.29) is 12.1 Å². The van der Waals surface area contributed by atoms with Crippen LogP contribution in [-0.4, -0.2) is 41.8 Å². The standard InChI is InChI=1S/C12H16FNO5S/c1-18-7-3-6-14-20(16,17)11-8-9(13)4-5-10(11)12(15)19-2/h4-5,8,14H,3,6-7H2,1-2H3. The Morgan fingerprint density at radius 2 is 2.05 bits per heavy atom. The van der Waals surface area contributed by atoms with Crippen molar-refractivity contribution in [3.63, 3.8) is 0 Å². The van der Waals surface area contributed by atoms with Crippen LogP contribution >= 0.6 is 0 Å². The van der Waals surface area contributed by atoms with Gasteiger partial charge in [-0.1, -0.05) is 0 Å². The second-order valence-corrected chi connectivity index (χ2v) is 5.61. The summed E-state index contributed by atoms with van der Waals surface area (Å²) in [6.07, 6.45) is 0.457. The highest BCUT2D eigenvalue weighted by Crippen LogP contribution is 2.18. The van der Waals surface area contributed by atoms with Gasteiger partial charge in [0, 0.05) is 20.3 Å². The number of methoxy groups -OCH3 is 2. The fourth-order valence-electron chi connectivity index (χ4n) is 1.50. The molecule has 0 fully saturated rings. The number of halogens is 1. The third-order valence-electron chi connectivity index (χ3n) is 2.46. The number of nitrogens with one attached hydrogen (secondary N) is 1. The van der Waals surface area contributed by atoms with E-state index in [1.54, 1.807) is 0 Å². The lowest BCUT2D eigenvalue weighted by molar-refractivity contribution is 0.0596. The molecule has 0 aliphatic carbocycles. The van der Waals surface area contributed by atoms with E-state index in [1.165, 1.54) is 7.11 Å². The van der Waals surface area contributed by atoms with Crippen molar-refractivity contribution in [2.75, 3.05) is 27.4 Å². The number of rotatable bonds is 7. The molecule has 0 bridgehead atoms. The molecule has 20 heavy (non-hydrogen) atoms. The summed E-state index contributed by atoms with van der Waals surface area (Å²) in [4.78, 5) is 11.1. The predicted molar refractivity (Wildman–Crippen MR) is 69.4 cm³/mol. The third kappa shape index (κ3) is 4.26.